The Morgan fingerprint density at radius 3 is 3.00 bits per heavy atom. The van der Waals surface area contributed by atoms with Gasteiger partial charge in [-0.05, 0) is 56.5 Å². The topological polar surface area (TPSA) is 49.6 Å². The average Bonchev–Trinajstić information content (AvgIpc) is 2.47. The molecule has 21 heavy (non-hydrogen) atoms. The molecule has 1 amide bonds. The van der Waals surface area contributed by atoms with Crippen LogP contribution in [0.1, 0.15) is 24.8 Å². The van der Waals surface area contributed by atoms with E-state index in [4.69, 9.17) is 5.73 Å². The summed E-state index contributed by atoms with van der Waals surface area (Å²) in [6.07, 6.45) is 4.11. The van der Waals surface area contributed by atoms with Crippen LogP contribution in [0.2, 0.25) is 0 Å². The predicted molar refractivity (Wildman–Crippen MR) is 84.9 cm³/mol. The maximum atomic E-state index is 12.5. The van der Waals surface area contributed by atoms with E-state index in [1.54, 1.807) is 0 Å². The lowest BCUT2D eigenvalue weighted by Crippen LogP contribution is -2.54. The number of hydrogen-bond acceptors (Lipinski definition) is 3. The number of amides is 1. The van der Waals surface area contributed by atoms with Gasteiger partial charge >= 0.3 is 0 Å². The van der Waals surface area contributed by atoms with Gasteiger partial charge in [0.25, 0.3) is 0 Å². The van der Waals surface area contributed by atoms with E-state index in [1.165, 1.54) is 19.4 Å². The summed E-state index contributed by atoms with van der Waals surface area (Å²) in [6, 6.07) is 8.33. The molecular formula is C17H25N3O. The Balaban J connectivity index is 1.61. The van der Waals surface area contributed by atoms with E-state index in [-0.39, 0.29) is 5.91 Å². The van der Waals surface area contributed by atoms with E-state index in [1.807, 2.05) is 24.3 Å². The molecule has 0 saturated carbocycles. The van der Waals surface area contributed by atoms with Crippen LogP contribution in [0.5, 0.6) is 0 Å². The van der Waals surface area contributed by atoms with Gasteiger partial charge in [-0.3, -0.25) is 4.79 Å². The highest BCUT2D eigenvalue weighted by molar-refractivity contribution is 5.79. The second kappa shape index (κ2) is 6.06. The summed E-state index contributed by atoms with van der Waals surface area (Å²) >= 11 is 0. The Labute approximate surface area is 126 Å². The van der Waals surface area contributed by atoms with Gasteiger partial charge in [-0.15, -0.1) is 0 Å². The summed E-state index contributed by atoms with van der Waals surface area (Å²) in [5.74, 6) is 0.898. The molecule has 0 aromatic heterocycles. The van der Waals surface area contributed by atoms with Gasteiger partial charge in [0.1, 0.15) is 0 Å². The van der Waals surface area contributed by atoms with Crippen molar-refractivity contribution >= 4 is 11.6 Å². The summed E-state index contributed by atoms with van der Waals surface area (Å²) in [5, 5.41) is 0. The van der Waals surface area contributed by atoms with Crippen LogP contribution in [0.3, 0.4) is 0 Å². The molecule has 1 aromatic rings. The zero-order valence-corrected chi connectivity index (χ0v) is 12.8. The molecule has 2 fully saturated rings. The first-order chi connectivity index (χ1) is 10.1. The zero-order valence-electron chi connectivity index (χ0n) is 12.8. The van der Waals surface area contributed by atoms with Crippen molar-refractivity contribution in [1.82, 2.24) is 9.80 Å². The maximum Gasteiger partial charge on any atom is 0.227 e. The van der Waals surface area contributed by atoms with Crippen LogP contribution in [0, 0.1) is 5.92 Å². The fourth-order valence-electron chi connectivity index (χ4n) is 3.87. The molecule has 0 spiro atoms. The number of nitrogens with two attached hydrogens (primary N) is 1. The van der Waals surface area contributed by atoms with Crippen LogP contribution in [-0.2, 0) is 11.2 Å². The number of likely N-dealkylation sites (tertiary alicyclic amines) is 2. The van der Waals surface area contributed by atoms with Crippen LogP contribution in [0.25, 0.3) is 0 Å². The summed E-state index contributed by atoms with van der Waals surface area (Å²) in [4.78, 5) is 17.0. The normalized spacial score (nSPS) is 26.4. The molecule has 2 N–H and O–H groups in total. The number of piperidine rings is 2. The molecule has 3 rings (SSSR count). The first-order valence-electron chi connectivity index (χ1n) is 7.96. The first-order valence-corrected chi connectivity index (χ1v) is 7.96. The van der Waals surface area contributed by atoms with Gasteiger partial charge in [-0.1, -0.05) is 12.1 Å². The third kappa shape index (κ3) is 3.21. The van der Waals surface area contributed by atoms with E-state index >= 15 is 0 Å². The molecule has 2 unspecified atom stereocenters. The first kappa shape index (κ1) is 14.4. The van der Waals surface area contributed by atoms with Gasteiger partial charge in [-0.2, -0.15) is 0 Å². The van der Waals surface area contributed by atoms with Gasteiger partial charge in [0.05, 0.1) is 6.42 Å². The number of carbonyl (C=O) groups is 1. The van der Waals surface area contributed by atoms with Gasteiger partial charge in [0.15, 0.2) is 0 Å². The summed E-state index contributed by atoms with van der Waals surface area (Å²) in [5.41, 5.74) is 7.53. The highest BCUT2D eigenvalue weighted by Gasteiger charge is 2.35. The SMILES string of the molecule is CN1CCCC2CN(C(=O)Cc3cccc(N)c3)CCC21. The number of hydrogen-bond donors (Lipinski definition) is 1. The van der Waals surface area contributed by atoms with Crippen molar-refractivity contribution in [3.63, 3.8) is 0 Å². The fraction of sp³-hybridized carbons (Fsp3) is 0.588. The highest BCUT2D eigenvalue weighted by atomic mass is 16.2. The van der Waals surface area contributed by atoms with E-state index < -0.39 is 0 Å². The lowest BCUT2D eigenvalue weighted by atomic mass is 9.84. The van der Waals surface area contributed by atoms with Crippen LogP contribution in [-0.4, -0.2) is 48.4 Å². The summed E-state index contributed by atoms with van der Waals surface area (Å²) in [6.45, 7) is 3.03. The molecule has 2 heterocycles. The van der Waals surface area contributed by atoms with Crippen molar-refractivity contribution in [3.8, 4) is 0 Å². The Kier molecular flexibility index (Phi) is 4.15. The molecule has 0 bridgehead atoms. The molecule has 2 atom stereocenters. The van der Waals surface area contributed by atoms with E-state index in [0.29, 0.717) is 18.4 Å². The number of carbonyl (C=O) groups excluding carboxylic acids is 1. The second-order valence-corrected chi connectivity index (χ2v) is 6.50. The van der Waals surface area contributed by atoms with Crippen LogP contribution in [0.15, 0.2) is 24.3 Å². The molecule has 2 aliphatic heterocycles. The standard InChI is InChI=1S/C17H25N3O/c1-19-8-3-5-14-12-20(9-7-16(14)19)17(21)11-13-4-2-6-15(18)10-13/h2,4,6,10,14,16H,3,5,7-9,11-12,18H2,1H3. The van der Waals surface area contributed by atoms with Crippen LogP contribution in [0.4, 0.5) is 5.69 Å². The summed E-state index contributed by atoms with van der Waals surface area (Å²) in [7, 11) is 2.22. The lowest BCUT2D eigenvalue weighted by Gasteiger charge is -2.46. The molecule has 4 heteroatoms. The summed E-state index contributed by atoms with van der Waals surface area (Å²) < 4.78 is 0. The smallest absolute Gasteiger partial charge is 0.227 e. The van der Waals surface area contributed by atoms with Gasteiger partial charge in [0, 0.05) is 24.8 Å². The Morgan fingerprint density at radius 1 is 1.33 bits per heavy atom. The van der Waals surface area contributed by atoms with Crippen molar-refractivity contribution in [2.45, 2.75) is 31.7 Å². The van der Waals surface area contributed by atoms with Crippen molar-refractivity contribution in [1.29, 1.82) is 0 Å². The van der Waals surface area contributed by atoms with Crippen LogP contribution >= 0.6 is 0 Å². The predicted octanol–water partition coefficient (Wildman–Crippen LogP) is 1.75. The average molecular weight is 287 g/mol. The van der Waals surface area contributed by atoms with Crippen LogP contribution < -0.4 is 5.73 Å². The van der Waals surface area contributed by atoms with Crippen molar-refractivity contribution < 1.29 is 4.79 Å². The Hall–Kier alpha value is -1.55. The highest BCUT2D eigenvalue weighted by Crippen LogP contribution is 2.29. The number of nitrogens with zero attached hydrogens (tertiary/aromatic N) is 2. The Morgan fingerprint density at radius 2 is 2.19 bits per heavy atom. The minimum atomic E-state index is 0.243. The second-order valence-electron chi connectivity index (χ2n) is 6.50. The maximum absolute atomic E-state index is 12.5. The molecule has 2 aliphatic rings. The van der Waals surface area contributed by atoms with E-state index in [0.717, 1.165) is 30.8 Å². The molecular weight excluding hydrogens is 262 g/mol. The molecule has 114 valence electrons. The quantitative estimate of drug-likeness (QED) is 0.843. The number of benzene rings is 1. The van der Waals surface area contributed by atoms with Crippen molar-refractivity contribution in [2.24, 2.45) is 5.92 Å². The number of fused-ring (bicyclic) bond motifs is 1. The minimum absolute atomic E-state index is 0.243. The lowest BCUT2D eigenvalue weighted by molar-refractivity contribution is -0.134. The molecule has 2 saturated heterocycles. The third-order valence-electron chi connectivity index (χ3n) is 5.00. The molecule has 0 radical (unpaired) electrons. The Bertz CT molecular complexity index is 517. The number of rotatable bonds is 2. The number of anilines is 1. The molecule has 1 aromatic carbocycles. The molecule has 4 nitrogen and oxygen atoms in total. The van der Waals surface area contributed by atoms with E-state index in [2.05, 4.69) is 16.8 Å². The van der Waals surface area contributed by atoms with Crippen molar-refractivity contribution in [3.05, 3.63) is 29.8 Å². The minimum Gasteiger partial charge on any atom is -0.399 e. The fourth-order valence-corrected chi connectivity index (χ4v) is 3.87. The number of nitrogen functional groups attached to an aromatic ring is 1. The zero-order chi connectivity index (χ0) is 14.8. The monoisotopic (exact) mass is 287 g/mol. The van der Waals surface area contributed by atoms with Gasteiger partial charge in [0.2, 0.25) is 5.91 Å². The van der Waals surface area contributed by atoms with Gasteiger partial charge < -0.3 is 15.5 Å². The largest absolute Gasteiger partial charge is 0.399 e. The third-order valence-corrected chi connectivity index (χ3v) is 5.00. The van der Waals surface area contributed by atoms with E-state index in [9.17, 15) is 4.79 Å². The van der Waals surface area contributed by atoms with Gasteiger partial charge in [-0.25, -0.2) is 0 Å². The van der Waals surface area contributed by atoms with Crippen molar-refractivity contribution in [2.75, 3.05) is 32.4 Å². The molecule has 0 aliphatic carbocycles.